The zero-order valence-corrected chi connectivity index (χ0v) is 13.8. The Kier molecular flexibility index (Phi) is 3.38. The Morgan fingerprint density at radius 2 is 1.68 bits per heavy atom. The Hall–Kier alpha value is -1.87. The summed E-state index contributed by atoms with van der Waals surface area (Å²) in [6.45, 7) is 0. The van der Waals surface area contributed by atoms with Crippen LogP contribution in [-0.2, 0) is 12.8 Å². The van der Waals surface area contributed by atoms with Crippen molar-refractivity contribution in [1.29, 1.82) is 0 Å². The third kappa shape index (κ3) is 2.12. The van der Waals surface area contributed by atoms with Crippen LogP contribution in [0.5, 0.6) is 0 Å². The predicted molar refractivity (Wildman–Crippen MR) is 92.5 cm³/mol. The summed E-state index contributed by atoms with van der Waals surface area (Å²) >= 11 is 3.43. The molecule has 22 heavy (non-hydrogen) atoms. The molecule has 0 aliphatic heterocycles. The lowest BCUT2D eigenvalue weighted by Crippen LogP contribution is -2.17. The van der Waals surface area contributed by atoms with Crippen LogP contribution < -0.4 is 0 Å². The number of carbonyl (C=O) groups excluding carboxylic acids is 1. The fourth-order valence-corrected chi connectivity index (χ4v) is 3.71. The van der Waals surface area contributed by atoms with Crippen LogP contribution in [0.2, 0.25) is 0 Å². The molecule has 2 nitrogen and oxygen atoms in total. The van der Waals surface area contributed by atoms with E-state index in [4.69, 9.17) is 0 Å². The zero-order valence-electron chi connectivity index (χ0n) is 12.2. The molecule has 0 bridgehead atoms. The van der Waals surface area contributed by atoms with Crippen LogP contribution in [-0.4, -0.2) is 10.5 Å². The van der Waals surface area contributed by atoms with Crippen LogP contribution in [0.4, 0.5) is 0 Å². The molecule has 0 fully saturated rings. The summed E-state index contributed by atoms with van der Waals surface area (Å²) in [4.78, 5) is 13.1. The average molecular weight is 354 g/mol. The third-order valence-corrected chi connectivity index (χ3v) is 5.00. The van der Waals surface area contributed by atoms with Crippen LogP contribution in [0.25, 0.3) is 10.9 Å². The second-order valence-corrected chi connectivity index (χ2v) is 6.71. The van der Waals surface area contributed by atoms with Crippen molar-refractivity contribution in [3.05, 3.63) is 69.8 Å². The molecule has 1 aromatic heterocycles. The van der Waals surface area contributed by atoms with Crippen molar-refractivity contribution in [3.63, 3.8) is 0 Å². The summed E-state index contributed by atoms with van der Waals surface area (Å²) in [5.74, 6) is 0.0758. The van der Waals surface area contributed by atoms with Crippen molar-refractivity contribution in [2.24, 2.45) is 0 Å². The summed E-state index contributed by atoms with van der Waals surface area (Å²) in [5, 5.41) is 1.24. The highest BCUT2D eigenvalue weighted by Gasteiger charge is 2.23. The summed E-state index contributed by atoms with van der Waals surface area (Å²) in [6.07, 6.45) is 4.45. The minimum absolute atomic E-state index is 0.0758. The second-order valence-electron chi connectivity index (χ2n) is 5.80. The van der Waals surface area contributed by atoms with Crippen molar-refractivity contribution >= 4 is 32.7 Å². The molecule has 0 amide bonds. The molecule has 0 radical (unpaired) electrons. The molecule has 3 heteroatoms. The molecule has 3 aromatic rings. The van der Waals surface area contributed by atoms with Crippen LogP contribution in [0, 0.1) is 0 Å². The molecule has 0 unspecified atom stereocenters. The molecule has 2 aromatic carbocycles. The number of aryl methyl sites for hydroxylation is 1. The fourth-order valence-electron chi connectivity index (χ4n) is 3.45. The fraction of sp³-hybridized carbons (Fsp3) is 0.211. The molecule has 4 rings (SSSR count). The van der Waals surface area contributed by atoms with E-state index in [9.17, 15) is 4.79 Å². The highest BCUT2D eigenvalue weighted by molar-refractivity contribution is 9.10. The van der Waals surface area contributed by atoms with Gasteiger partial charge in [0.2, 0.25) is 0 Å². The topological polar surface area (TPSA) is 22.0 Å². The van der Waals surface area contributed by atoms with Gasteiger partial charge >= 0.3 is 0 Å². The van der Waals surface area contributed by atoms with Crippen molar-refractivity contribution in [1.82, 2.24) is 4.57 Å². The molecule has 1 aliphatic carbocycles. The second kappa shape index (κ2) is 5.40. The summed E-state index contributed by atoms with van der Waals surface area (Å²) in [7, 11) is 0. The van der Waals surface area contributed by atoms with E-state index in [0.29, 0.717) is 0 Å². The molecule has 0 saturated heterocycles. The van der Waals surface area contributed by atoms with Gasteiger partial charge in [-0.2, -0.15) is 0 Å². The monoisotopic (exact) mass is 353 g/mol. The molecule has 1 heterocycles. The Bertz CT molecular complexity index is 861. The van der Waals surface area contributed by atoms with E-state index in [1.165, 1.54) is 23.1 Å². The number of nitrogens with zero attached hydrogens (tertiary/aromatic N) is 1. The van der Waals surface area contributed by atoms with Crippen molar-refractivity contribution in [2.45, 2.75) is 25.7 Å². The Balaban J connectivity index is 1.94. The molecule has 110 valence electrons. The Morgan fingerprint density at radius 3 is 2.50 bits per heavy atom. The number of hydrogen-bond acceptors (Lipinski definition) is 1. The SMILES string of the molecule is O=C(c1ccc(Br)cc1)n1c2c(c3ccccc31)CCCC2. The lowest BCUT2D eigenvalue weighted by Gasteiger charge is -2.15. The van der Waals surface area contributed by atoms with Crippen LogP contribution >= 0.6 is 15.9 Å². The summed E-state index contributed by atoms with van der Waals surface area (Å²) in [6, 6.07) is 15.9. The van der Waals surface area contributed by atoms with Gasteiger partial charge in [0.25, 0.3) is 5.91 Å². The zero-order chi connectivity index (χ0) is 15.1. The van der Waals surface area contributed by atoms with Gasteiger partial charge in [-0.05, 0) is 61.6 Å². The number of halogens is 1. The molecule has 1 aliphatic rings. The first-order valence-corrected chi connectivity index (χ1v) is 8.46. The van der Waals surface area contributed by atoms with Crippen molar-refractivity contribution < 1.29 is 4.79 Å². The van der Waals surface area contributed by atoms with E-state index in [1.54, 1.807) is 0 Å². The van der Waals surface area contributed by atoms with E-state index in [0.717, 1.165) is 34.8 Å². The maximum atomic E-state index is 13.1. The van der Waals surface area contributed by atoms with Gasteiger partial charge in [0.15, 0.2) is 0 Å². The maximum Gasteiger partial charge on any atom is 0.262 e. The maximum absolute atomic E-state index is 13.1. The van der Waals surface area contributed by atoms with Gasteiger partial charge < -0.3 is 0 Å². The van der Waals surface area contributed by atoms with Gasteiger partial charge in [0.1, 0.15) is 0 Å². The molecule has 0 N–H and O–H groups in total. The number of aromatic nitrogens is 1. The van der Waals surface area contributed by atoms with Gasteiger partial charge in [-0.25, -0.2) is 0 Å². The normalized spacial score (nSPS) is 14.0. The smallest absolute Gasteiger partial charge is 0.262 e. The number of carbonyl (C=O) groups is 1. The largest absolute Gasteiger partial charge is 0.280 e. The lowest BCUT2D eigenvalue weighted by atomic mass is 9.95. The van der Waals surface area contributed by atoms with Crippen LogP contribution in [0.3, 0.4) is 0 Å². The van der Waals surface area contributed by atoms with Crippen molar-refractivity contribution in [2.75, 3.05) is 0 Å². The number of fused-ring (bicyclic) bond motifs is 3. The van der Waals surface area contributed by atoms with Gasteiger partial charge in [0, 0.05) is 21.1 Å². The third-order valence-electron chi connectivity index (χ3n) is 4.47. The Morgan fingerprint density at radius 1 is 0.955 bits per heavy atom. The quantitative estimate of drug-likeness (QED) is 0.605. The number of benzene rings is 2. The minimum Gasteiger partial charge on any atom is -0.280 e. The summed E-state index contributed by atoms with van der Waals surface area (Å²) < 4.78 is 2.93. The van der Waals surface area contributed by atoms with E-state index in [1.807, 2.05) is 34.9 Å². The van der Waals surface area contributed by atoms with Crippen LogP contribution in [0.1, 0.15) is 34.5 Å². The van der Waals surface area contributed by atoms with E-state index in [2.05, 4.69) is 34.1 Å². The van der Waals surface area contributed by atoms with E-state index in [-0.39, 0.29) is 5.91 Å². The highest BCUT2D eigenvalue weighted by atomic mass is 79.9. The predicted octanol–water partition coefficient (Wildman–Crippen LogP) is 4.97. The van der Waals surface area contributed by atoms with Gasteiger partial charge in [0.05, 0.1) is 5.52 Å². The number of hydrogen-bond donors (Lipinski definition) is 0. The lowest BCUT2D eigenvalue weighted by molar-refractivity contribution is 0.0961. The minimum atomic E-state index is 0.0758. The number of para-hydroxylation sites is 1. The van der Waals surface area contributed by atoms with E-state index < -0.39 is 0 Å². The van der Waals surface area contributed by atoms with Crippen LogP contribution in [0.15, 0.2) is 53.0 Å². The molecule has 0 spiro atoms. The average Bonchev–Trinajstić information content (AvgIpc) is 2.89. The van der Waals surface area contributed by atoms with Gasteiger partial charge in [-0.15, -0.1) is 0 Å². The Labute approximate surface area is 137 Å². The first kappa shape index (κ1) is 13.8. The summed E-state index contributed by atoms with van der Waals surface area (Å²) in [5.41, 5.74) is 4.35. The van der Waals surface area contributed by atoms with Gasteiger partial charge in [-0.3, -0.25) is 9.36 Å². The number of rotatable bonds is 1. The molecule has 0 atom stereocenters. The first-order valence-electron chi connectivity index (χ1n) is 7.67. The molecular formula is C19H16BrNO. The first-order chi connectivity index (χ1) is 10.8. The molecule has 0 saturated carbocycles. The standard InChI is InChI=1S/C19H16BrNO/c20-14-11-9-13(10-12-14)19(22)21-17-7-3-1-5-15(17)16-6-2-4-8-18(16)21/h1,3,5,7,9-12H,2,4,6,8H2. The highest BCUT2D eigenvalue weighted by Crippen LogP contribution is 2.32. The van der Waals surface area contributed by atoms with E-state index >= 15 is 0 Å². The molecular weight excluding hydrogens is 338 g/mol. The van der Waals surface area contributed by atoms with Crippen molar-refractivity contribution in [3.8, 4) is 0 Å². The van der Waals surface area contributed by atoms with Gasteiger partial charge in [-0.1, -0.05) is 34.1 Å².